The fourth-order valence-electron chi connectivity index (χ4n) is 5.11. The Kier molecular flexibility index (Phi) is 7.34. The molecule has 3 aromatic rings. The summed E-state index contributed by atoms with van der Waals surface area (Å²) in [5.74, 6) is 0.320. The van der Waals surface area contributed by atoms with Crippen molar-refractivity contribution in [2.75, 3.05) is 17.6 Å². The number of rotatable bonds is 7. The molecule has 186 valence electrons. The molecule has 1 aliphatic rings. The number of urea groups is 1. The highest BCUT2D eigenvalue weighted by Gasteiger charge is 2.36. The summed E-state index contributed by atoms with van der Waals surface area (Å²) < 4.78 is 0. The number of anilines is 2. The van der Waals surface area contributed by atoms with E-state index in [4.69, 9.17) is 5.73 Å². The van der Waals surface area contributed by atoms with Crippen molar-refractivity contribution in [2.24, 2.45) is 5.92 Å². The highest BCUT2D eigenvalue weighted by Crippen LogP contribution is 2.27. The number of nitrogens with one attached hydrogen (secondary N) is 4. The fourth-order valence-corrected chi connectivity index (χ4v) is 5.11. The first-order valence-electron chi connectivity index (χ1n) is 12.5. The third-order valence-corrected chi connectivity index (χ3v) is 7.34. The van der Waals surface area contributed by atoms with Gasteiger partial charge in [0.25, 0.3) is 0 Å². The number of carbonyl (C=O) groups excluding carboxylic acids is 2. The van der Waals surface area contributed by atoms with Crippen LogP contribution in [-0.4, -0.2) is 29.0 Å². The zero-order valence-corrected chi connectivity index (χ0v) is 21.0. The third-order valence-electron chi connectivity index (χ3n) is 7.34. The molecule has 1 atom stereocenters. The van der Waals surface area contributed by atoms with Gasteiger partial charge in [0.1, 0.15) is 5.54 Å². The zero-order chi connectivity index (χ0) is 25.0. The van der Waals surface area contributed by atoms with Gasteiger partial charge in [-0.25, -0.2) is 4.79 Å². The molecule has 4 rings (SSSR count). The van der Waals surface area contributed by atoms with E-state index in [0.717, 1.165) is 40.4 Å². The zero-order valence-electron chi connectivity index (χ0n) is 21.0. The summed E-state index contributed by atoms with van der Waals surface area (Å²) in [6.45, 7) is 6.23. The van der Waals surface area contributed by atoms with Gasteiger partial charge in [-0.1, -0.05) is 43.5 Å². The molecule has 1 unspecified atom stereocenters. The molecule has 1 aliphatic carbocycles. The van der Waals surface area contributed by atoms with Crippen molar-refractivity contribution in [3.05, 3.63) is 59.3 Å². The molecule has 2 aromatic carbocycles. The topological polar surface area (TPSA) is 112 Å². The highest BCUT2D eigenvalue weighted by molar-refractivity contribution is 5.97. The van der Waals surface area contributed by atoms with Crippen molar-refractivity contribution in [3.8, 4) is 0 Å². The van der Waals surface area contributed by atoms with Crippen molar-refractivity contribution < 1.29 is 9.59 Å². The number of nitrogens with two attached hydrogens (primary N) is 1. The molecule has 0 saturated heterocycles. The van der Waals surface area contributed by atoms with E-state index in [1.807, 2.05) is 56.4 Å². The number of hydrogen-bond donors (Lipinski definition) is 5. The molecule has 0 spiro atoms. The van der Waals surface area contributed by atoms with E-state index in [0.29, 0.717) is 30.3 Å². The van der Waals surface area contributed by atoms with Crippen LogP contribution in [-0.2, 0) is 11.2 Å². The van der Waals surface area contributed by atoms with Crippen LogP contribution in [0.1, 0.15) is 55.7 Å². The van der Waals surface area contributed by atoms with E-state index in [1.54, 1.807) is 6.92 Å². The maximum atomic E-state index is 13.6. The lowest BCUT2D eigenvalue weighted by Crippen LogP contribution is -2.59. The van der Waals surface area contributed by atoms with E-state index in [2.05, 4.69) is 20.9 Å². The molecule has 1 heterocycles. The lowest BCUT2D eigenvalue weighted by atomic mass is 9.88. The first-order chi connectivity index (χ1) is 16.8. The van der Waals surface area contributed by atoms with Crippen molar-refractivity contribution in [2.45, 2.75) is 64.8 Å². The average molecular weight is 476 g/mol. The molecule has 0 bridgehead atoms. The Morgan fingerprint density at radius 1 is 1.09 bits per heavy atom. The van der Waals surface area contributed by atoms with Gasteiger partial charge in [0, 0.05) is 35.8 Å². The minimum atomic E-state index is -1.15. The van der Waals surface area contributed by atoms with Crippen LogP contribution in [0.3, 0.4) is 0 Å². The van der Waals surface area contributed by atoms with Crippen LogP contribution in [0.2, 0.25) is 0 Å². The van der Waals surface area contributed by atoms with Crippen LogP contribution >= 0.6 is 0 Å². The van der Waals surface area contributed by atoms with Crippen LogP contribution in [0, 0.1) is 19.8 Å². The first kappa shape index (κ1) is 24.6. The van der Waals surface area contributed by atoms with Crippen LogP contribution in [0.5, 0.6) is 0 Å². The number of nitrogen functional groups attached to an aromatic ring is 1. The summed E-state index contributed by atoms with van der Waals surface area (Å²) in [6, 6.07) is 11.3. The number of aromatic amines is 1. The Labute approximate surface area is 207 Å². The lowest BCUT2D eigenvalue weighted by molar-refractivity contribution is -0.126. The Bertz CT molecular complexity index is 1210. The normalized spacial score (nSPS) is 16.0. The second kappa shape index (κ2) is 10.4. The van der Waals surface area contributed by atoms with Crippen LogP contribution < -0.4 is 21.7 Å². The lowest BCUT2D eigenvalue weighted by Gasteiger charge is -2.31. The van der Waals surface area contributed by atoms with Crippen LogP contribution in [0.4, 0.5) is 16.2 Å². The summed E-state index contributed by atoms with van der Waals surface area (Å²) in [7, 11) is 0. The molecular formula is C28H37N5O2. The maximum Gasteiger partial charge on any atom is 0.320 e. The number of carbonyl (C=O) groups is 2. The van der Waals surface area contributed by atoms with Gasteiger partial charge >= 0.3 is 6.03 Å². The van der Waals surface area contributed by atoms with Gasteiger partial charge < -0.3 is 26.7 Å². The number of benzene rings is 2. The summed E-state index contributed by atoms with van der Waals surface area (Å²) >= 11 is 0. The smallest absolute Gasteiger partial charge is 0.320 e. The molecule has 1 aromatic heterocycles. The standard InChI is InChI=1S/C28H37N5O2/c1-18-13-14-23(29)19(2)25(18)32-27(35)33-28(3,26(34)31-16-20-9-5-4-6-10-20)15-21-17-30-24-12-8-7-11-22(21)24/h7-8,11-14,17,20,30H,4-6,9-10,15-16,29H2,1-3H3,(H,31,34)(H2,32,33,35). The van der Waals surface area contributed by atoms with Crippen LogP contribution in [0.25, 0.3) is 10.9 Å². The van der Waals surface area contributed by atoms with E-state index >= 15 is 0 Å². The number of H-pyrrole nitrogens is 1. The minimum absolute atomic E-state index is 0.176. The summed E-state index contributed by atoms with van der Waals surface area (Å²) in [5, 5.41) is 10.1. The van der Waals surface area contributed by atoms with E-state index < -0.39 is 11.6 Å². The molecule has 7 nitrogen and oxygen atoms in total. The van der Waals surface area contributed by atoms with Crippen molar-refractivity contribution >= 4 is 34.2 Å². The number of hydrogen-bond acceptors (Lipinski definition) is 3. The second-order valence-corrected chi connectivity index (χ2v) is 10.1. The Morgan fingerprint density at radius 3 is 2.60 bits per heavy atom. The average Bonchev–Trinajstić information content (AvgIpc) is 3.25. The molecule has 1 saturated carbocycles. The van der Waals surface area contributed by atoms with E-state index in [9.17, 15) is 9.59 Å². The number of amides is 3. The quantitative estimate of drug-likeness (QED) is 0.303. The Balaban J connectivity index is 1.55. The molecular weight excluding hydrogens is 438 g/mol. The second-order valence-electron chi connectivity index (χ2n) is 10.1. The molecule has 6 N–H and O–H groups in total. The predicted molar refractivity (Wildman–Crippen MR) is 142 cm³/mol. The molecule has 35 heavy (non-hydrogen) atoms. The number of fused-ring (bicyclic) bond motifs is 1. The fraction of sp³-hybridized carbons (Fsp3) is 0.429. The van der Waals surface area contributed by atoms with Gasteiger partial charge in [-0.2, -0.15) is 0 Å². The molecule has 3 amide bonds. The van der Waals surface area contributed by atoms with Gasteiger partial charge in [0.15, 0.2) is 0 Å². The van der Waals surface area contributed by atoms with Gasteiger partial charge in [0.2, 0.25) is 5.91 Å². The minimum Gasteiger partial charge on any atom is -0.398 e. The molecule has 0 radical (unpaired) electrons. The van der Waals surface area contributed by atoms with Gasteiger partial charge in [-0.3, -0.25) is 4.79 Å². The number of aromatic nitrogens is 1. The van der Waals surface area contributed by atoms with E-state index in [-0.39, 0.29) is 5.91 Å². The summed E-state index contributed by atoms with van der Waals surface area (Å²) in [5.41, 5.74) is 9.88. The highest BCUT2D eigenvalue weighted by atomic mass is 16.2. The number of para-hydroxylation sites is 1. The van der Waals surface area contributed by atoms with Gasteiger partial charge in [0.05, 0.1) is 5.69 Å². The van der Waals surface area contributed by atoms with Crippen molar-refractivity contribution in [3.63, 3.8) is 0 Å². The predicted octanol–water partition coefficient (Wildman–Crippen LogP) is 5.19. The summed E-state index contributed by atoms with van der Waals surface area (Å²) in [6.07, 6.45) is 8.26. The molecule has 7 heteroatoms. The largest absolute Gasteiger partial charge is 0.398 e. The maximum absolute atomic E-state index is 13.6. The first-order valence-corrected chi connectivity index (χ1v) is 12.5. The SMILES string of the molecule is Cc1ccc(N)c(C)c1NC(=O)NC(C)(Cc1c[nH]c2ccccc12)C(=O)NCC1CCCCC1. The monoisotopic (exact) mass is 475 g/mol. The van der Waals surface area contributed by atoms with Crippen molar-refractivity contribution in [1.82, 2.24) is 15.6 Å². The number of aryl methyl sites for hydroxylation is 1. The Morgan fingerprint density at radius 2 is 1.83 bits per heavy atom. The third kappa shape index (κ3) is 5.61. The van der Waals surface area contributed by atoms with Gasteiger partial charge in [-0.15, -0.1) is 0 Å². The van der Waals surface area contributed by atoms with Crippen molar-refractivity contribution in [1.29, 1.82) is 0 Å². The molecule has 0 aliphatic heterocycles. The Hall–Kier alpha value is -3.48. The van der Waals surface area contributed by atoms with Crippen LogP contribution in [0.15, 0.2) is 42.6 Å². The summed E-state index contributed by atoms with van der Waals surface area (Å²) in [4.78, 5) is 30.0. The molecule has 1 fully saturated rings. The van der Waals surface area contributed by atoms with E-state index in [1.165, 1.54) is 19.3 Å². The van der Waals surface area contributed by atoms with Gasteiger partial charge in [-0.05, 0) is 68.4 Å².